The van der Waals surface area contributed by atoms with Crippen LogP contribution >= 0.6 is 0 Å². The van der Waals surface area contributed by atoms with Gasteiger partial charge in [-0.25, -0.2) is 0 Å². The molecule has 0 spiro atoms. The van der Waals surface area contributed by atoms with Crippen LogP contribution in [-0.4, -0.2) is 17.6 Å². The summed E-state index contributed by atoms with van der Waals surface area (Å²) in [4.78, 5) is 10.3. The quantitative estimate of drug-likeness (QED) is 0.628. The molecule has 0 aliphatic rings. The summed E-state index contributed by atoms with van der Waals surface area (Å²) in [5.74, 6) is 0.513. The first kappa shape index (κ1) is 12.9. The van der Waals surface area contributed by atoms with Gasteiger partial charge in [0.1, 0.15) is 18.4 Å². The van der Waals surface area contributed by atoms with Crippen LogP contribution in [0.15, 0.2) is 12.1 Å². The van der Waals surface area contributed by atoms with E-state index in [9.17, 15) is 10.1 Å². The second kappa shape index (κ2) is 5.27. The zero-order valence-electron chi connectivity index (χ0n) is 9.64. The van der Waals surface area contributed by atoms with Crippen LogP contribution in [0.5, 0.6) is 5.75 Å². The van der Waals surface area contributed by atoms with Crippen molar-refractivity contribution in [3.63, 3.8) is 0 Å². The summed E-state index contributed by atoms with van der Waals surface area (Å²) in [6, 6.07) is 4.17. The molecular formula is C11H13N3O3. The third-order valence-corrected chi connectivity index (χ3v) is 2.27. The van der Waals surface area contributed by atoms with Crippen LogP contribution in [0.2, 0.25) is 0 Å². The predicted octanol–water partition coefficient (Wildman–Crippen LogP) is 1.44. The fourth-order valence-corrected chi connectivity index (χ4v) is 1.34. The molecule has 0 fully saturated rings. The smallest absolute Gasteiger partial charge is 0.272 e. The molecule has 1 rings (SSSR count). The molecule has 0 bridgehead atoms. The highest BCUT2D eigenvalue weighted by molar-refractivity contribution is 5.49. The lowest BCUT2D eigenvalue weighted by atomic mass is 10.1. The van der Waals surface area contributed by atoms with Crippen molar-refractivity contribution in [1.82, 2.24) is 0 Å². The number of benzene rings is 1. The van der Waals surface area contributed by atoms with Gasteiger partial charge in [0.2, 0.25) is 0 Å². The van der Waals surface area contributed by atoms with Gasteiger partial charge in [-0.15, -0.1) is 0 Å². The summed E-state index contributed by atoms with van der Waals surface area (Å²) in [5, 5.41) is 19.2. The zero-order valence-corrected chi connectivity index (χ0v) is 9.64. The van der Waals surface area contributed by atoms with Crippen molar-refractivity contribution >= 4 is 5.69 Å². The molecule has 1 aromatic rings. The van der Waals surface area contributed by atoms with Gasteiger partial charge >= 0.3 is 0 Å². The molecule has 17 heavy (non-hydrogen) atoms. The molecule has 1 unspecified atom stereocenters. The molecule has 90 valence electrons. The lowest BCUT2D eigenvalue weighted by molar-refractivity contribution is -0.385. The van der Waals surface area contributed by atoms with Crippen LogP contribution in [0.25, 0.3) is 0 Å². The highest BCUT2D eigenvalue weighted by atomic mass is 16.6. The van der Waals surface area contributed by atoms with E-state index in [1.54, 1.807) is 19.9 Å². The molecule has 6 heteroatoms. The number of nitro groups is 1. The van der Waals surface area contributed by atoms with Gasteiger partial charge in [-0.3, -0.25) is 10.1 Å². The summed E-state index contributed by atoms with van der Waals surface area (Å²) in [6.07, 6.45) is 0. The number of nitrogens with two attached hydrogens (primary N) is 1. The Morgan fingerprint density at radius 3 is 2.71 bits per heavy atom. The minimum atomic E-state index is -0.704. The maximum atomic E-state index is 10.7. The van der Waals surface area contributed by atoms with Gasteiger partial charge in [0, 0.05) is 11.6 Å². The molecule has 1 atom stereocenters. The number of ether oxygens (including phenoxy) is 1. The Balaban J connectivity index is 2.93. The van der Waals surface area contributed by atoms with Crippen LogP contribution in [0.3, 0.4) is 0 Å². The monoisotopic (exact) mass is 235 g/mol. The molecule has 0 saturated carbocycles. The fraction of sp³-hybridized carbons (Fsp3) is 0.364. The molecule has 0 aliphatic carbocycles. The second-order valence-corrected chi connectivity index (χ2v) is 3.71. The highest BCUT2D eigenvalue weighted by Crippen LogP contribution is 2.27. The van der Waals surface area contributed by atoms with Crippen LogP contribution in [-0.2, 0) is 0 Å². The van der Waals surface area contributed by atoms with E-state index in [0.717, 1.165) is 0 Å². The van der Waals surface area contributed by atoms with E-state index in [4.69, 9.17) is 15.7 Å². The second-order valence-electron chi connectivity index (χ2n) is 3.71. The van der Waals surface area contributed by atoms with E-state index in [1.807, 2.05) is 6.07 Å². The van der Waals surface area contributed by atoms with Crippen molar-refractivity contribution in [2.45, 2.75) is 19.9 Å². The average Bonchev–Trinajstić information content (AvgIpc) is 2.28. The molecule has 0 saturated heterocycles. The Hall–Kier alpha value is -2.13. The number of hydrogen-bond donors (Lipinski definition) is 1. The molecule has 0 aliphatic heterocycles. The van der Waals surface area contributed by atoms with Crippen molar-refractivity contribution < 1.29 is 9.66 Å². The lowest BCUT2D eigenvalue weighted by Crippen LogP contribution is -2.25. The molecule has 0 radical (unpaired) electrons. The maximum absolute atomic E-state index is 10.7. The Morgan fingerprint density at radius 1 is 1.53 bits per heavy atom. The van der Waals surface area contributed by atoms with Gasteiger partial charge in [0.15, 0.2) is 0 Å². The molecular weight excluding hydrogens is 222 g/mol. The van der Waals surface area contributed by atoms with E-state index in [1.165, 1.54) is 6.07 Å². The summed E-state index contributed by atoms with van der Waals surface area (Å²) in [7, 11) is 0. The highest BCUT2D eigenvalue weighted by Gasteiger charge is 2.14. The number of nitro benzene ring substituents is 1. The first-order chi connectivity index (χ1) is 7.95. The molecule has 0 heterocycles. The minimum absolute atomic E-state index is 0.0550. The molecule has 0 aromatic heterocycles. The van der Waals surface area contributed by atoms with E-state index in [0.29, 0.717) is 16.9 Å². The zero-order chi connectivity index (χ0) is 13.0. The SMILES string of the molecule is Cc1cc([N+](=O)[O-])c(C)cc1OCC(N)C#N. The maximum Gasteiger partial charge on any atom is 0.272 e. The van der Waals surface area contributed by atoms with Gasteiger partial charge in [-0.2, -0.15) is 5.26 Å². The van der Waals surface area contributed by atoms with Gasteiger partial charge in [-0.05, 0) is 25.5 Å². The number of aryl methyl sites for hydroxylation is 2. The van der Waals surface area contributed by atoms with Gasteiger partial charge in [0.25, 0.3) is 5.69 Å². The average molecular weight is 235 g/mol. The van der Waals surface area contributed by atoms with Gasteiger partial charge in [-0.1, -0.05) is 0 Å². The van der Waals surface area contributed by atoms with Crippen molar-refractivity contribution in [1.29, 1.82) is 5.26 Å². The standard InChI is InChI=1S/C11H13N3O3/c1-7-4-11(17-6-9(13)5-12)8(2)3-10(7)14(15)16/h3-4,9H,6,13H2,1-2H3. The van der Waals surface area contributed by atoms with Crippen LogP contribution in [0, 0.1) is 35.3 Å². The molecule has 6 nitrogen and oxygen atoms in total. The van der Waals surface area contributed by atoms with E-state index < -0.39 is 11.0 Å². The van der Waals surface area contributed by atoms with Crippen LogP contribution in [0.4, 0.5) is 5.69 Å². The number of hydrogen-bond acceptors (Lipinski definition) is 5. The van der Waals surface area contributed by atoms with E-state index >= 15 is 0 Å². The minimum Gasteiger partial charge on any atom is -0.491 e. The Labute approximate surface area is 98.8 Å². The Bertz CT molecular complexity index is 480. The Kier molecular flexibility index (Phi) is 4.01. The third-order valence-electron chi connectivity index (χ3n) is 2.27. The molecule has 0 amide bonds. The predicted molar refractivity (Wildman–Crippen MR) is 61.7 cm³/mol. The van der Waals surface area contributed by atoms with Crippen LogP contribution in [0.1, 0.15) is 11.1 Å². The summed E-state index contributed by atoms with van der Waals surface area (Å²) in [6.45, 7) is 3.41. The van der Waals surface area contributed by atoms with Gasteiger partial charge in [0.05, 0.1) is 11.0 Å². The van der Waals surface area contributed by atoms with E-state index in [-0.39, 0.29) is 12.3 Å². The first-order valence-electron chi connectivity index (χ1n) is 4.99. The first-order valence-corrected chi connectivity index (χ1v) is 4.99. The number of nitrogens with zero attached hydrogens (tertiary/aromatic N) is 2. The van der Waals surface area contributed by atoms with Crippen LogP contribution < -0.4 is 10.5 Å². The number of nitriles is 1. The lowest BCUT2D eigenvalue weighted by Gasteiger charge is -2.11. The summed E-state index contributed by atoms with van der Waals surface area (Å²) < 4.78 is 5.33. The van der Waals surface area contributed by atoms with Crippen molar-refractivity contribution in [3.8, 4) is 11.8 Å². The van der Waals surface area contributed by atoms with Gasteiger partial charge < -0.3 is 10.5 Å². The largest absolute Gasteiger partial charge is 0.491 e. The molecule has 1 aromatic carbocycles. The van der Waals surface area contributed by atoms with Crippen molar-refractivity contribution in [3.05, 3.63) is 33.4 Å². The third kappa shape index (κ3) is 3.16. The normalized spacial score (nSPS) is 11.6. The summed E-state index contributed by atoms with van der Waals surface area (Å²) in [5.41, 5.74) is 6.61. The molecule has 2 N–H and O–H groups in total. The van der Waals surface area contributed by atoms with Crippen molar-refractivity contribution in [2.24, 2.45) is 5.73 Å². The number of rotatable bonds is 4. The topological polar surface area (TPSA) is 102 Å². The van der Waals surface area contributed by atoms with E-state index in [2.05, 4.69) is 0 Å². The Morgan fingerprint density at radius 2 is 2.18 bits per heavy atom. The summed E-state index contributed by atoms with van der Waals surface area (Å²) >= 11 is 0. The fourth-order valence-electron chi connectivity index (χ4n) is 1.34. The van der Waals surface area contributed by atoms with Crippen molar-refractivity contribution in [2.75, 3.05) is 6.61 Å².